The number of aromatic nitrogens is 4. The third-order valence-corrected chi connectivity index (χ3v) is 8.67. The fourth-order valence-corrected chi connectivity index (χ4v) is 5.96. The van der Waals surface area contributed by atoms with Crippen LogP contribution in [-0.4, -0.2) is 82.7 Å². The Bertz CT molecular complexity index is 1790. The molecule has 0 bridgehead atoms. The van der Waals surface area contributed by atoms with E-state index < -0.39 is 24.0 Å². The fourth-order valence-electron chi connectivity index (χ4n) is 5.96. The van der Waals surface area contributed by atoms with Crippen molar-refractivity contribution in [3.05, 3.63) is 108 Å². The lowest BCUT2D eigenvalue weighted by atomic mass is 9.80. The molecule has 1 aliphatic heterocycles. The minimum atomic E-state index is -1.04. The standard InChI is InChI=1S/C36H40N6O5/c1-23-33-34(39-24(2)41(3)4)37-22-38-35(33)42(40-23)32-20-30(43)31(47-32)21-46-36(25-10-8-7-9-11-25,26-12-16-28(44-5)17-13-26)27-14-18-29(45-6)19-15-27/h7-19,22,30-32,43H,20-21H2,1-6H3/b39-24+. The van der Waals surface area contributed by atoms with Crippen molar-refractivity contribution >= 4 is 22.7 Å². The molecule has 11 nitrogen and oxygen atoms in total. The highest BCUT2D eigenvalue weighted by atomic mass is 16.6. The lowest BCUT2D eigenvalue weighted by molar-refractivity contribution is -0.0950. The maximum atomic E-state index is 11.3. The van der Waals surface area contributed by atoms with Gasteiger partial charge in [-0.05, 0) is 54.8 Å². The number of ether oxygens (including phenoxy) is 4. The summed E-state index contributed by atoms with van der Waals surface area (Å²) >= 11 is 0. The van der Waals surface area contributed by atoms with Gasteiger partial charge in [0.05, 0.1) is 38.0 Å². The Balaban J connectivity index is 1.35. The van der Waals surface area contributed by atoms with E-state index in [1.165, 1.54) is 6.33 Å². The molecule has 3 unspecified atom stereocenters. The second-order valence-electron chi connectivity index (χ2n) is 11.7. The van der Waals surface area contributed by atoms with Gasteiger partial charge >= 0.3 is 0 Å². The van der Waals surface area contributed by atoms with Crippen LogP contribution >= 0.6 is 0 Å². The monoisotopic (exact) mass is 636 g/mol. The van der Waals surface area contributed by atoms with Crippen LogP contribution < -0.4 is 9.47 Å². The minimum Gasteiger partial charge on any atom is -0.497 e. The molecule has 0 amide bonds. The number of amidine groups is 1. The molecule has 11 heteroatoms. The Morgan fingerprint density at radius 2 is 1.53 bits per heavy atom. The van der Waals surface area contributed by atoms with Crippen molar-refractivity contribution in [1.82, 2.24) is 24.6 Å². The van der Waals surface area contributed by atoms with Gasteiger partial charge in [0, 0.05) is 20.5 Å². The summed E-state index contributed by atoms with van der Waals surface area (Å²) in [6, 6.07) is 25.7. The zero-order chi connectivity index (χ0) is 33.1. The quantitative estimate of drug-likeness (QED) is 0.122. The van der Waals surface area contributed by atoms with Crippen molar-refractivity contribution in [3.63, 3.8) is 0 Å². The van der Waals surface area contributed by atoms with Gasteiger partial charge in [-0.2, -0.15) is 5.10 Å². The van der Waals surface area contributed by atoms with Crippen LogP contribution in [0, 0.1) is 6.92 Å². The van der Waals surface area contributed by atoms with Crippen molar-refractivity contribution in [1.29, 1.82) is 0 Å². The Hall–Kier alpha value is -4.84. The lowest BCUT2D eigenvalue weighted by Crippen LogP contribution is -2.38. The van der Waals surface area contributed by atoms with Gasteiger partial charge in [-0.25, -0.2) is 19.6 Å². The molecule has 1 aliphatic rings. The third kappa shape index (κ3) is 6.17. The molecule has 0 spiro atoms. The Morgan fingerprint density at radius 3 is 2.11 bits per heavy atom. The van der Waals surface area contributed by atoms with E-state index in [1.807, 2.05) is 112 Å². The van der Waals surface area contributed by atoms with Crippen molar-refractivity contribution in [3.8, 4) is 11.5 Å². The Morgan fingerprint density at radius 1 is 0.936 bits per heavy atom. The minimum absolute atomic E-state index is 0.0926. The first-order valence-electron chi connectivity index (χ1n) is 15.5. The van der Waals surface area contributed by atoms with E-state index in [4.69, 9.17) is 29.0 Å². The van der Waals surface area contributed by atoms with Crippen LogP contribution in [0.1, 0.15) is 42.0 Å². The number of hydrogen-bond acceptors (Lipinski definition) is 9. The predicted octanol–water partition coefficient (Wildman–Crippen LogP) is 5.42. The topological polar surface area (TPSA) is 116 Å². The molecule has 0 aliphatic carbocycles. The van der Waals surface area contributed by atoms with Gasteiger partial charge in [0.15, 0.2) is 17.7 Å². The molecule has 1 N–H and O–H groups in total. The number of fused-ring (bicyclic) bond motifs is 1. The summed E-state index contributed by atoms with van der Waals surface area (Å²) < 4.78 is 26.2. The van der Waals surface area contributed by atoms with E-state index in [1.54, 1.807) is 18.9 Å². The largest absolute Gasteiger partial charge is 0.497 e. The molecule has 0 saturated carbocycles. The summed E-state index contributed by atoms with van der Waals surface area (Å²) in [6.07, 6.45) is -0.229. The van der Waals surface area contributed by atoms with E-state index >= 15 is 0 Å². The summed E-state index contributed by atoms with van der Waals surface area (Å²) in [6.45, 7) is 3.91. The van der Waals surface area contributed by atoms with E-state index in [9.17, 15) is 5.11 Å². The highest BCUT2D eigenvalue weighted by molar-refractivity contribution is 5.92. The highest BCUT2D eigenvalue weighted by Crippen LogP contribution is 2.43. The van der Waals surface area contributed by atoms with Gasteiger partial charge < -0.3 is 29.0 Å². The molecule has 1 saturated heterocycles. The van der Waals surface area contributed by atoms with E-state index in [0.717, 1.165) is 45.1 Å². The van der Waals surface area contributed by atoms with E-state index in [-0.39, 0.29) is 6.61 Å². The average Bonchev–Trinajstić information content (AvgIpc) is 3.65. The van der Waals surface area contributed by atoms with Crippen LogP contribution in [0.5, 0.6) is 11.5 Å². The third-order valence-electron chi connectivity index (χ3n) is 8.67. The van der Waals surface area contributed by atoms with Gasteiger partial charge in [-0.3, -0.25) is 0 Å². The van der Waals surface area contributed by atoms with Crippen LogP contribution in [0.3, 0.4) is 0 Å². The van der Waals surface area contributed by atoms with Crippen LogP contribution in [0.2, 0.25) is 0 Å². The Kier molecular flexibility index (Phi) is 9.21. The summed E-state index contributed by atoms with van der Waals surface area (Å²) in [4.78, 5) is 15.6. The lowest BCUT2D eigenvalue weighted by Gasteiger charge is -2.37. The first-order valence-corrected chi connectivity index (χ1v) is 15.5. The molecule has 3 atom stereocenters. The van der Waals surface area contributed by atoms with Crippen LogP contribution in [0.15, 0.2) is 90.2 Å². The van der Waals surface area contributed by atoms with Crippen LogP contribution in [-0.2, 0) is 15.1 Å². The first kappa shape index (κ1) is 32.1. The van der Waals surface area contributed by atoms with Crippen molar-refractivity contribution in [2.24, 2.45) is 4.99 Å². The molecule has 3 heterocycles. The molecular formula is C36H40N6O5. The zero-order valence-electron chi connectivity index (χ0n) is 27.5. The second kappa shape index (κ2) is 13.5. The number of benzene rings is 3. The maximum Gasteiger partial charge on any atom is 0.168 e. The molecule has 1 fully saturated rings. The number of aryl methyl sites for hydroxylation is 1. The smallest absolute Gasteiger partial charge is 0.168 e. The van der Waals surface area contributed by atoms with Crippen LogP contribution in [0.4, 0.5) is 5.82 Å². The molecule has 2 aromatic heterocycles. The molecular weight excluding hydrogens is 596 g/mol. The molecule has 6 rings (SSSR count). The zero-order valence-corrected chi connectivity index (χ0v) is 27.5. The van der Waals surface area contributed by atoms with Gasteiger partial charge in [0.1, 0.15) is 35.4 Å². The number of nitrogens with zero attached hydrogens (tertiary/aromatic N) is 6. The molecule has 5 aromatic rings. The van der Waals surface area contributed by atoms with Gasteiger partial charge in [0.25, 0.3) is 0 Å². The summed E-state index contributed by atoms with van der Waals surface area (Å²) in [5.41, 5.74) is 2.99. The predicted molar refractivity (Wildman–Crippen MR) is 179 cm³/mol. The number of aliphatic hydroxyl groups excluding tert-OH is 1. The number of methoxy groups -OCH3 is 2. The fraction of sp³-hybridized carbons (Fsp3) is 0.333. The van der Waals surface area contributed by atoms with Crippen molar-refractivity contribution in [2.75, 3.05) is 34.9 Å². The molecule has 0 radical (unpaired) electrons. The van der Waals surface area contributed by atoms with E-state index in [0.29, 0.717) is 17.9 Å². The molecule has 244 valence electrons. The van der Waals surface area contributed by atoms with Crippen molar-refractivity contribution in [2.45, 2.75) is 44.3 Å². The second-order valence-corrected chi connectivity index (χ2v) is 11.7. The number of aliphatic hydroxyl groups is 1. The van der Waals surface area contributed by atoms with Gasteiger partial charge in [-0.15, -0.1) is 0 Å². The van der Waals surface area contributed by atoms with Crippen LogP contribution in [0.25, 0.3) is 11.0 Å². The maximum absolute atomic E-state index is 11.3. The van der Waals surface area contributed by atoms with E-state index in [2.05, 4.69) is 9.97 Å². The highest BCUT2D eigenvalue weighted by Gasteiger charge is 2.42. The molecule has 3 aromatic carbocycles. The summed E-state index contributed by atoms with van der Waals surface area (Å²) in [5.74, 6) is 2.81. The summed E-state index contributed by atoms with van der Waals surface area (Å²) in [5, 5.41) is 16.9. The first-order chi connectivity index (χ1) is 22.7. The average molecular weight is 637 g/mol. The van der Waals surface area contributed by atoms with Crippen molar-refractivity contribution < 1.29 is 24.1 Å². The Labute approximate surface area is 274 Å². The SMILES string of the molecule is COc1ccc(C(OCC2OC(n3nc(C)c4c(/N=C(\C)N(C)C)ncnc43)CC2O)(c2ccccc2)c2ccc(OC)cc2)cc1. The van der Waals surface area contributed by atoms with Gasteiger partial charge in [0.2, 0.25) is 0 Å². The number of aliphatic imine (C=N–C) groups is 1. The number of rotatable bonds is 10. The summed E-state index contributed by atoms with van der Waals surface area (Å²) in [7, 11) is 7.15. The molecule has 47 heavy (non-hydrogen) atoms. The number of hydrogen-bond donors (Lipinski definition) is 1. The van der Waals surface area contributed by atoms with Gasteiger partial charge in [-0.1, -0.05) is 54.6 Å². The normalized spacial score (nSPS) is 18.4.